The highest BCUT2D eigenvalue weighted by molar-refractivity contribution is 7.17. The molecular weight excluding hydrogens is 306 g/mol. The molecule has 2 N–H and O–H groups in total. The fourth-order valence-corrected chi connectivity index (χ4v) is 3.23. The molecule has 0 aliphatic heterocycles. The number of nitrogens with one attached hydrogen (secondary N) is 1. The van der Waals surface area contributed by atoms with Crippen LogP contribution in [0.15, 0.2) is 36.0 Å². The lowest BCUT2D eigenvalue weighted by Gasteiger charge is -2.27. The molecule has 0 radical (unpaired) electrons. The van der Waals surface area contributed by atoms with Crippen LogP contribution in [0.4, 0.5) is 5.82 Å². The maximum atomic E-state index is 10.2. The van der Waals surface area contributed by atoms with Crippen molar-refractivity contribution in [1.82, 2.24) is 9.97 Å². The van der Waals surface area contributed by atoms with Gasteiger partial charge in [-0.15, -0.1) is 11.3 Å². The van der Waals surface area contributed by atoms with Gasteiger partial charge in [-0.3, -0.25) is 0 Å². The van der Waals surface area contributed by atoms with E-state index in [1.807, 2.05) is 6.92 Å². The molecule has 4 nitrogen and oxygen atoms in total. The van der Waals surface area contributed by atoms with Crippen LogP contribution in [0.5, 0.6) is 0 Å². The molecule has 0 amide bonds. The van der Waals surface area contributed by atoms with E-state index in [-0.39, 0.29) is 6.04 Å². The topological polar surface area (TPSA) is 58.0 Å². The zero-order valence-corrected chi connectivity index (χ0v) is 14.6. The zero-order valence-electron chi connectivity index (χ0n) is 13.8. The predicted octanol–water partition coefficient (Wildman–Crippen LogP) is 4.24. The number of thiophene rings is 1. The first-order valence-corrected chi connectivity index (χ1v) is 8.52. The summed E-state index contributed by atoms with van der Waals surface area (Å²) >= 11 is 1.61. The van der Waals surface area contributed by atoms with Crippen molar-refractivity contribution in [3.63, 3.8) is 0 Å². The molecule has 0 saturated carbocycles. The third-order valence-electron chi connectivity index (χ3n) is 4.15. The second kappa shape index (κ2) is 5.91. The Morgan fingerprint density at radius 1 is 1.17 bits per heavy atom. The number of hydrogen-bond acceptors (Lipinski definition) is 5. The molecule has 5 heteroatoms. The van der Waals surface area contributed by atoms with Gasteiger partial charge >= 0.3 is 0 Å². The largest absolute Gasteiger partial charge is 0.388 e. The maximum absolute atomic E-state index is 10.2. The second-order valence-corrected chi connectivity index (χ2v) is 7.30. The summed E-state index contributed by atoms with van der Waals surface area (Å²) in [5.74, 6) is 0.765. The molecule has 1 aromatic carbocycles. The molecule has 3 rings (SSSR count). The van der Waals surface area contributed by atoms with Crippen molar-refractivity contribution in [3.8, 4) is 11.1 Å². The van der Waals surface area contributed by atoms with Crippen LogP contribution in [0.2, 0.25) is 0 Å². The smallest absolute Gasteiger partial charge is 0.139 e. The first kappa shape index (κ1) is 15.9. The van der Waals surface area contributed by atoms with E-state index in [1.165, 1.54) is 5.56 Å². The number of fused-ring (bicyclic) bond motifs is 1. The van der Waals surface area contributed by atoms with E-state index in [4.69, 9.17) is 0 Å². The number of rotatable bonds is 4. The van der Waals surface area contributed by atoms with E-state index in [0.717, 1.165) is 27.2 Å². The van der Waals surface area contributed by atoms with E-state index in [1.54, 1.807) is 31.5 Å². The summed E-state index contributed by atoms with van der Waals surface area (Å²) < 4.78 is 0. The maximum Gasteiger partial charge on any atom is 0.139 e. The normalized spacial score (nSPS) is 13.3. The summed E-state index contributed by atoms with van der Waals surface area (Å²) in [5.41, 5.74) is 2.67. The molecule has 2 aromatic heterocycles. The summed E-state index contributed by atoms with van der Waals surface area (Å²) in [6, 6.07) is 8.32. The fraction of sp³-hybridized carbons (Fsp3) is 0.333. The van der Waals surface area contributed by atoms with Crippen molar-refractivity contribution in [3.05, 3.63) is 41.5 Å². The standard InChI is InChI=1S/C18H21N3OS/c1-11-5-7-13(8-6-11)14-9-23-17-15(14)16(19-10-20-17)21-12(2)18(3,4)22/h5-10,12,22H,1-4H3,(H,19,20,21)/t12-/m1/s1. The van der Waals surface area contributed by atoms with Crippen LogP contribution in [0.25, 0.3) is 21.3 Å². The minimum Gasteiger partial charge on any atom is -0.388 e. The average molecular weight is 327 g/mol. The van der Waals surface area contributed by atoms with Gasteiger partial charge in [0.1, 0.15) is 17.0 Å². The van der Waals surface area contributed by atoms with Gasteiger partial charge in [0.25, 0.3) is 0 Å². The lowest BCUT2D eigenvalue weighted by molar-refractivity contribution is 0.0648. The van der Waals surface area contributed by atoms with Crippen LogP contribution in [0.1, 0.15) is 26.3 Å². The summed E-state index contributed by atoms with van der Waals surface area (Å²) in [5, 5.41) is 16.6. The van der Waals surface area contributed by atoms with Crippen LogP contribution >= 0.6 is 11.3 Å². The Morgan fingerprint density at radius 3 is 2.52 bits per heavy atom. The first-order valence-electron chi connectivity index (χ1n) is 7.64. The second-order valence-electron chi connectivity index (χ2n) is 6.44. The quantitative estimate of drug-likeness (QED) is 0.752. The van der Waals surface area contributed by atoms with Gasteiger partial charge in [-0.1, -0.05) is 29.8 Å². The molecule has 0 aliphatic rings. The van der Waals surface area contributed by atoms with E-state index in [2.05, 4.69) is 51.9 Å². The fourth-order valence-electron chi connectivity index (χ4n) is 2.31. The molecular formula is C18H21N3OS. The summed E-state index contributed by atoms with van der Waals surface area (Å²) in [4.78, 5) is 9.73. The van der Waals surface area contributed by atoms with Crippen LogP contribution in [-0.2, 0) is 0 Å². The monoisotopic (exact) mass is 327 g/mol. The van der Waals surface area contributed by atoms with Crippen LogP contribution in [-0.4, -0.2) is 26.7 Å². The summed E-state index contributed by atoms with van der Waals surface area (Å²) in [6.45, 7) is 7.61. The number of aromatic nitrogens is 2. The number of aryl methyl sites for hydroxylation is 1. The molecule has 0 spiro atoms. The highest BCUT2D eigenvalue weighted by Crippen LogP contribution is 2.37. The van der Waals surface area contributed by atoms with Gasteiger partial charge in [-0.25, -0.2) is 9.97 Å². The third-order valence-corrected chi connectivity index (χ3v) is 5.03. The molecule has 0 aliphatic carbocycles. The van der Waals surface area contributed by atoms with E-state index in [9.17, 15) is 5.11 Å². The molecule has 0 fully saturated rings. The van der Waals surface area contributed by atoms with Crippen molar-refractivity contribution in [1.29, 1.82) is 0 Å². The van der Waals surface area contributed by atoms with Crippen molar-refractivity contribution < 1.29 is 5.11 Å². The number of hydrogen-bond donors (Lipinski definition) is 2. The van der Waals surface area contributed by atoms with Crippen molar-refractivity contribution in [2.24, 2.45) is 0 Å². The van der Waals surface area contributed by atoms with Crippen molar-refractivity contribution >= 4 is 27.4 Å². The molecule has 120 valence electrons. The number of nitrogens with zero attached hydrogens (tertiary/aromatic N) is 2. The highest BCUT2D eigenvalue weighted by Gasteiger charge is 2.24. The Balaban J connectivity index is 2.09. The van der Waals surface area contributed by atoms with E-state index < -0.39 is 5.60 Å². The van der Waals surface area contributed by atoms with Crippen LogP contribution in [0, 0.1) is 6.92 Å². The Morgan fingerprint density at radius 2 is 1.87 bits per heavy atom. The molecule has 0 unspecified atom stereocenters. The minimum absolute atomic E-state index is 0.133. The molecule has 1 atom stereocenters. The zero-order chi connectivity index (χ0) is 16.6. The van der Waals surface area contributed by atoms with Gasteiger partial charge in [-0.2, -0.15) is 0 Å². The van der Waals surface area contributed by atoms with Gasteiger partial charge in [-0.05, 0) is 33.3 Å². The third kappa shape index (κ3) is 3.21. The van der Waals surface area contributed by atoms with Gasteiger partial charge < -0.3 is 10.4 Å². The minimum atomic E-state index is -0.836. The van der Waals surface area contributed by atoms with Gasteiger partial charge in [0, 0.05) is 10.9 Å². The van der Waals surface area contributed by atoms with Crippen molar-refractivity contribution in [2.45, 2.75) is 39.3 Å². The Labute approximate surface area is 140 Å². The lowest BCUT2D eigenvalue weighted by atomic mass is 10.0. The molecule has 0 bridgehead atoms. The lowest BCUT2D eigenvalue weighted by Crippen LogP contribution is -2.39. The Kier molecular flexibility index (Phi) is 4.08. The summed E-state index contributed by atoms with van der Waals surface area (Å²) in [7, 11) is 0. The van der Waals surface area contributed by atoms with Crippen LogP contribution in [0.3, 0.4) is 0 Å². The number of aliphatic hydroxyl groups is 1. The molecule has 0 saturated heterocycles. The van der Waals surface area contributed by atoms with Crippen molar-refractivity contribution in [2.75, 3.05) is 5.32 Å². The van der Waals surface area contributed by atoms with Gasteiger partial charge in [0.05, 0.1) is 17.0 Å². The highest BCUT2D eigenvalue weighted by atomic mass is 32.1. The first-order chi connectivity index (χ1) is 10.9. The molecule has 23 heavy (non-hydrogen) atoms. The molecule has 2 heterocycles. The Hall–Kier alpha value is -1.98. The van der Waals surface area contributed by atoms with Gasteiger partial charge in [0.15, 0.2) is 0 Å². The SMILES string of the molecule is Cc1ccc(-c2csc3ncnc(N[C@H](C)C(C)(C)O)c23)cc1. The number of anilines is 1. The van der Waals surface area contributed by atoms with Crippen LogP contribution < -0.4 is 5.32 Å². The average Bonchev–Trinajstić information content (AvgIpc) is 2.92. The summed E-state index contributed by atoms with van der Waals surface area (Å²) in [6.07, 6.45) is 1.57. The van der Waals surface area contributed by atoms with Gasteiger partial charge in [0.2, 0.25) is 0 Å². The number of benzene rings is 1. The molecule has 3 aromatic rings. The van der Waals surface area contributed by atoms with E-state index >= 15 is 0 Å². The predicted molar refractivity (Wildman–Crippen MR) is 97.0 cm³/mol. The Bertz CT molecular complexity index is 818. The van der Waals surface area contributed by atoms with E-state index in [0.29, 0.717) is 0 Å².